The average Bonchev–Trinajstić information content (AvgIpc) is 2.79. The number of aliphatic imine (C=N–C) groups is 1. The molecule has 3 aromatic rings. The number of carbonyl (C=O) groups is 1. The highest BCUT2D eigenvalue weighted by Crippen LogP contribution is 2.32. The molecule has 0 aromatic heterocycles. The van der Waals surface area contributed by atoms with Gasteiger partial charge in [-0.05, 0) is 35.9 Å². The number of aromatic hydroxyl groups is 1. The summed E-state index contributed by atoms with van der Waals surface area (Å²) < 4.78 is 0. The smallest absolute Gasteiger partial charge is 0.253 e. The maximum Gasteiger partial charge on any atom is 0.253 e. The highest BCUT2D eigenvalue weighted by Gasteiger charge is 2.27. The number of nitrogens with zero attached hydrogens (tertiary/aromatic N) is 1. The minimum atomic E-state index is -0.725. The van der Waals surface area contributed by atoms with Gasteiger partial charge in [0, 0.05) is 16.1 Å². The summed E-state index contributed by atoms with van der Waals surface area (Å²) in [6.45, 7) is 0. The van der Waals surface area contributed by atoms with Crippen LogP contribution in [0, 0.1) is 0 Å². The number of anilines is 1. The molecule has 26 heavy (non-hydrogen) atoms. The van der Waals surface area contributed by atoms with Gasteiger partial charge >= 0.3 is 0 Å². The van der Waals surface area contributed by atoms with Crippen LogP contribution in [0.1, 0.15) is 22.7 Å². The molecule has 0 unspecified atom stereocenters. The van der Waals surface area contributed by atoms with Gasteiger partial charge in [0.05, 0.1) is 11.4 Å². The fraction of sp³-hybridized carbons (Fsp3) is 0.0476. The summed E-state index contributed by atoms with van der Waals surface area (Å²) in [7, 11) is 0. The second kappa shape index (κ2) is 6.65. The maximum atomic E-state index is 12.8. The minimum absolute atomic E-state index is 0.144. The zero-order chi connectivity index (χ0) is 18.1. The summed E-state index contributed by atoms with van der Waals surface area (Å²) >= 11 is 6.19. The van der Waals surface area contributed by atoms with Gasteiger partial charge in [0.15, 0.2) is 6.04 Å². The Hall–Kier alpha value is -3.11. The van der Waals surface area contributed by atoms with E-state index in [-0.39, 0.29) is 11.7 Å². The van der Waals surface area contributed by atoms with Crippen LogP contribution in [0.5, 0.6) is 5.75 Å². The van der Waals surface area contributed by atoms with Crippen molar-refractivity contribution in [3.8, 4) is 5.75 Å². The molecule has 5 heteroatoms. The Bertz CT molecular complexity index is 998. The first-order valence-electron chi connectivity index (χ1n) is 8.15. The number of carbonyl (C=O) groups excluding carboxylic acids is 1. The zero-order valence-corrected chi connectivity index (χ0v) is 14.4. The first kappa shape index (κ1) is 16.4. The number of benzodiazepines with no additional fused rings is 1. The number of halogens is 1. The Balaban J connectivity index is 1.92. The van der Waals surface area contributed by atoms with Crippen molar-refractivity contribution < 1.29 is 9.90 Å². The molecule has 0 saturated heterocycles. The third-order valence-corrected chi connectivity index (χ3v) is 4.49. The van der Waals surface area contributed by atoms with E-state index in [1.807, 2.05) is 36.4 Å². The van der Waals surface area contributed by atoms with Crippen molar-refractivity contribution in [3.63, 3.8) is 0 Å². The van der Waals surface area contributed by atoms with Crippen LogP contribution in [0.25, 0.3) is 0 Å². The molecule has 0 saturated carbocycles. The minimum Gasteiger partial charge on any atom is -0.508 e. The number of amides is 1. The molecule has 0 bridgehead atoms. The predicted molar refractivity (Wildman–Crippen MR) is 103 cm³/mol. The second-order valence-electron chi connectivity index (χ2n) is 6.02. The van der Waals surface area contributed by atoms with Crippen molar-refractivity contribution in [2.24, 2.45) is 4.99 Å². The number of phenolic OH excluding ortho intramolecular Hbond substituents is 1. The van der Waals surface area contributed by atoms with E-state index in [9.17, 15) is 9.90 Å². The quantitative estimate of drug-likeness (QED) is 0.701. The number of rotatable bonds is 2. The van der Waals surface area contributed by atoms with Gasteiger partial charge in [0.1, 0.15) is 5.75 Å². The van der Waals surface area contributed by atoms with Gasteiger partial charge in [0.25, 0.3) is 5.91 Å². The van der Waals surface area contributed by atoms with Crippen LogP contribution >= 0.6 is 11.6 Å². The maximum absolute atomic E-state index is 12.8. The highest BCUT2D eigenvalue weighted by molar-refractivity contribution is 6.32. The van der Waals surface area contributed by atoms with Crippen molar-refractivity contribution in [3.05, 3.63) is 94.5 Å². The third-order valence-electron chi connectivity index (χ3n) is 4.26. The number of phenols is 1. The van der Waals surface area contributed by atoms with Gasteiger partial charge in [-0.2, -0.15) is 0 Å². The molecule has 1 atom stereocenters. The summed E-state index contributed by atoms with van der Waals surface area (Å²) in [5, 5.41) is 13.0. The van der Waals surface area contributed by atoms with Crippen molar-refractivity contribution in [1.82, 2.24) is 0 Å². The Kier molecular flexibility index (Phi) is 4.19. The summed E-state index contributed by atoms with van der Waals surface area (Å²) in [5.74, 6) is -0.0877. The Morgan fingerprint density at radius 1 is 0.962 bits per heavy atom. The molecule has 0 fully saturated rings. The number of hydrogen-bond donors (Lipinski definition) is 2. The van der Waals surface area contributed by atoms with Crippen LogP contribution in [0.2, 0.25) is 5.02 Å². The molecule has 1 aliphatic heterocycles. The van der Waals surface area contributed by atoms with E-state index in [1.165, 1.54) is 0 Å². The molecule has 1 amide bonds. The third kappa shape index (κ3) is 3.07. The van der Waals surface area contributed by atoms with Gasteiger partial charge in [-0.3, -0.25) is 9.79 Å². The van der Waals surface area contributed by atoms with Crippen molar-refractivity contribution in [1.29, 1.82) is 0 Å². The summed E-state index contributed by atoms with van der Waals surface area (Å²) in [5.41, 5.74) is 3.74. The van der Waals surface area contributed by atoms with E-state index < -0.39 is 6.04 Å². The SMILES string of the molecule is O=C1Nc2ccc(Cl)cc2C(c2ccccc2)=N[C@@H]1c1ccc(O)cc1. The van der Waals surface area contributed by atoms with Crippen molar-refractivity contribution in [2.45, 2.75) is 6.04 Å². The van der Waals surface area contributed by atoms with Crippen molar-refractivity contribution >= 4 is 28.9 Å². The first-order valence-corrected chi connectivity index (χ1v) is 8.52. The van der Waals surface area contributed by atoms with Gasteiger partial charge in [-0.15, -0.1) is 0 Å². The lowest BCUT2D eigenvalue weighted by molar-refractivity contribution is -0.117. The monoisotopic (exact) mass is 362 g/mol. The Morgan fingerprint density at radius 3 is 2.42 bits per heavy atom. The normalized spacial score (nSPS) is 16.3. The number of nitrogens with one attached hydrogen (secondary N) is 1. The molecule has 0 spiro atoms. The average molecular weight is 363 g/mol. The highest BCUT2D eigenvalue weighted by atomic mass is 35.5. The van der Waals surface area contributed by atoms with Crippen LogP contribution in [0.3, 0.4) is 0 Å². The predicted octanol–water partition coefficient (Wildman–Crippen LogP) is 4.58. The molecule has 4 rings (SSSR count). The van der Waals surface area contributed by atoms with E-state index in [1.54, 1.807) is 36.4 Å². The van der Waals surface area contributed by atoms with Gasteiger partial charge in [0.2, 0.25) is 0 Å². The van der Waals surface area contributed by atoms with Crippen LogP contribution in [0.4, 0.5) is 5.69 Å². The molecule has 1 heterocycles. The van der Waals surface area contributed by atoms with E-state index in [2.05, 4.69) is 5.32 Å². The number of hydrogen-bond acceptors (Lipinski definition) is 3. The topological polar surface area (TPSA) is 61.7 Å². The molecular formula is C21H15ClN2O2. The van der Waals surface area contributed by atoms with E-state index in [0.717, 1.165) is 11.1 Å². The first-order chi connectivity index (χ1) is 12.6. The lowest BCUT2D eigenvalue weighted by Gasteiger charge is -2.11. The Morgan fingerprint density at radius 2 is 1.69 bits per heavy atom. The molecule has 128 valence electrons. The molecule has 2 N–H and O–H groups in total. The molecule has 4 nitrogen and oxygen atoms in total. The number of fused-ring (bicyclic) bond motifs is 1. The largest absolute Gasteiger partial charge is 0.508 e. The molecule has 1 aliphatic rings. The van der Waals surface area contributed by atoms with E-state index >= 15 is 0 Å². The van der Waals surface area contributed by atoms with Gasteiger partial charge in [-0.25, -0.2) is 0 Å². The Labute approximate surface area is 155 Å². The summed E-state index contributed by atoms with van der Waals surface area (Å²) in [6, 6.07) is 20.8. The summed E-state index contributed by atoms with van der Waals surface area (Å²) in [6.07, 6.45) is 0. The fourth-order valence-corrected chi connectivity index (χ4v) is 3.16. The molecular weight excluding hydrogens is 348 g/mol. The van der Waals surface area contributed by atoms with Crippen LogP contribution < -0.4 is 5.32 Å². The molecule has 0 aliphatic carbocycles. The number of benzene rings is 3. The molecule has 0 radical (unpaired) electrons. The lowest BCUT2D eigenvalue weighted by atomic mass is 10.0. The summed E-state index contributed by atoms with van der Waals surface area (Å²) in [4.78, 5) is 17.6. The zero-order valence-electron chi connectivity index (χ0n) is 13.7. The van der Waals surface area contributed by atoms with Crippen molar-refractivity contribution in [2.75, 3.05) is 5.32 Å². The van der Waals surface area contributed by atoms with Gasteiger partial charge in [-0.1, -0.05) is 54.1 Å². The van der Waals surface area contributed by atoms with Crippen LogP contribution in [0.15, 0.2) is 77.8 Å². The molecule has 3 aromatic carbocycles. The standard InChI is InChI=1S/C21H15ClN2O2/c22-15-8-11-18-17(12-15)19(13-4-2-1-3-5-13)24-20(21(26)23-18)14-6-9-16(25)10-7-14/h1-12,20,25H,(H,23,26)/t20-/m1/s1. The fourth-order valence-electron chi connectivity index (χ4n) is 2.99. The van der Waals surface area contributed by atoms with Crippen LogP contribution in [-0.2, 0) is 4.79 Å². The van der Waals surface area contributed by atoms with E-state index in [4.69, 9.17) is 16.6 Å². The van der Waals surface area contributed by atoms with E-state index in [0.29, 0.717) is 22.0 Å². The second-order valence-corrected chi connectivity index (χ2v) is 6.45. The lowest BCUT2D eigenvalue weighted by Crippen LogP contribution is -2.18. The van der Waals surface area contributed by atoms with Crippen LogP contribution in [-0.4, -0.2) is 16.7 Å². The van der Waals surface area contributed by atoms with Gasteiger partial charge < -0.3 is 10.4 Å².